The molecule has 0 atom stereocenters. The topological polar surface area (TPSA) is 79.1 Å². The molecule has 2 heterocycles. The second-order valence-corrected chi connectivity index (χ2v) is 7.43. The van der Waals surface area contributed by atoms with E-state index in [1.807, 2.05) is 12.1 Å². The molecule has 150 valence electrons. The molecule has 8 heteroatoms. The minimum Gasteiger partial charge on any atom is -0.465 e. The van der Waals surface area contributed by atoms with Crippen LogP contribution in [0.2, 0.25) is 0 Å². The first-order valence-corrected chi connectivity index (χ1v) is 10.2. The second-order valence-electron chi connectivity index (χ2n) is 6.42. The number of aromatic nitrogens is 1. The molecule has 0 unspecified atom stereocenters. The van der Waals surface area contributed by atoms with Gasteiger partial charge in [-0.1, -0.05) is 24.3 Å². The van der Waals surface area contributed by atoms with Crippen LogP contribution in [-0.4, -0.2) is 29.8 Å². The van der Waals surface area contributed by atoms with Crippen LogP contribution in [-0.2, 0) is 22.5 Å². The van der Waals surface area contributed by atoms with Gasteiger partial charge in [0, 0.05) is 5.56 Å². The average molecular weight is 412 g/mol. The number of hydrogen-bond acceptors (Lipinski definition) is 6. The lowest BCUT2D eigenvalue weighted by Crippen LogP contribution is -2.23. The molecular weight excluding hydrogens is 392 g/mol. The third-order valence-electron chi connectivity index (χ3n) is 4.56. The predicted octanol–water partition coefficient (Wildman–Crippen LogP) is 3.30. The number of amides is 1. The molecule has 0 radical (unpaired) electrons. The van der Waals surface area contributed by atoms with Crippen LogP contribution < -0.4 is 14.3 Å². The van der Waals surface area contributed by atoms with Crippen molar-refractivity contribution in [2.24, 2.45) is 4.99 Å². The highest BCUT2D eigenvalue weighted by molar-refractivity contribution is 7.16. The summed E-state index contributed by atoms with van der Waals surface area (Å²) < 4.78 is 18.4. The van der Waals surface area contributed by atoms with Crippen LogP contribution in [0, 0.1) is 0 Å². The SMILES string of the molecule is CCOC(=O)Cn1c(=NC(=O)c2ccc3c(c2)OCO3)sc2cc(CC)ccc21. The number of thiazole rings is 1. The number of benzene rings is 2. The summed E-state index contributed by atoms with van der Waals surface area (Å²) in [6, 6.07) is 11.0. The van der Waals surface area contributed by atoms with Crippen LogP contribution in [0.3, 0.4) is 0 Å². The highest BCUT2D eigenvalue weighted by atomic mass is 32.1. The maximum atomic E-state index is 12.8. The molecule has 0 spiro atoms. The number of rotatable bonds is 5. The van der Waals surface area contributed by atoms with Crippen molar-refractivity contribution in [3.05, 3.63) is 52.3 Å². The van der Waals surface area contributed by atoms with E-state index in [9.17, 15) is 9.59 Å². The summed E-state index contributed by atoms with van der Waals surface area (Å²) in [4.78, 5) is 29.7. The van der Waals surface area contributed by atoms with E-state index in [1.54, 1.807) is 29.7 Å². The molecule has 7 nitrogen and oxygen atoms in total. The van der Waals surface area contributed by atoms with Gasteiger partial charge in [0.05, 0.1) is 16.8 Å². The Hall–Kier alpha value is -3.13. The monoisotopic (exact) mass is 412 g/mol. The van der Waals surface area contributed by atoms with Gasteiger partial charge in [-0.15, -0.1) is 0 Å². The fourth-order valence-corrected chi connectivity index (χ4v) is 4.18. The Balaban J connectivity index is 1.78. The van der Waals surface area contributed by atoms with Crippen molar-refractivity contribution in [2.75, 3.05) is 13.4 Å². The second kappa shape index (κ2) is 8.08. The summed E-state index contributed by atoms with van der Waals surface area (Å²) in [6.45, 7) is 4.27. The number of nitrogens with zero attached hydrogens (tertiary/aromatic N) is 2. The number of carbonyl (C=O) groups is 2. The largest absolute Gasteiger partial charge is 0.465 e. The minimum absolute atomic E-state index is 0.00738. The Kier molecular flexibility index (Phi) is 5.35. The van der Waals surface area contributed by atoms with E-state index in [0.717, 1.165) is 16.6 Å². The van der Waals surface area contributed by atoms with Crippen molar-refractivity contribution in [2.45, 2.75) is 26.8 Å². The lowest BCUT2D eigenvalue weighted by molar-refractivity contribution is -0.143. The summed E-state index contributed by atoms with van der Waals surface area (Å²) in [5.41, 5.74) is 2.41. The van der Waals surface area contributed by atoms with Crippen molar-refractivity contribution in [3.63, 3.8) is 0 Å². The standard InChI is InChI=1S/C21H20N2O5S/c1-3-13-5-7-15-18(9-13)29-21(23(15)11-19(24)26-4-2)22-20(25)14-6-8-16-17(10-14)28-12-27-16/h5-10H,3-4,11-12H2,1-2H3. The van der Waals surface area contributed by atoms with Gasteiger partial charge in [-0.05, 0) is 49.2 Å². The molecule has 0 N–H and O–H groups in total. The number of carbonyl (C=O) groups excluding carboxylic acids is 2. The van der Waals surface area contributed by atoms with Gasteiger partial charge in [0.15, 0.2) is 16.3 Å². The van der Waals surface area contributed by atoms with Crippen LogP contribution in [0.4, 0.5) is 0 Å². The molecule has 3 aromatic rings. The highest BCUT2D eigenvalue weighted by Gasteiger charge is 2.17. The van der Waals surface area contributed by atoms with E-state index in [1.165, 1.54) is 16.9 Å². The molecule has 0 saturated carbocycles. The Labute approximate surface area is 171 Å². The molecule has 1 amide bonds. The van der Waals surface area contributed by atoms with Gasteiger partial charge >= 0.3 is 5.97 Å². The first-order valence-electron chi connectivity index (χ1n) is 9.35. The fourth-order valence-electron chi connectivity index (χ4n) is 3.09. The first-order chi connectivity index (χ1) is 14.1. The normalized spacial score (nSPS) is 13.1. The maximum Gasteiger partial charge on any atom is 0.326 e. The van der Waals surface area contributed by atoms with E-state index >= 15 is 0 Å². The summed E-state index contributed by atoms with van der Waals surface area (Å²) in [7, 11) is 0. The molecule has 1 aliphatic rings. The molecule has 0 saturated heterocycles. The summed E-state index contributed by atoms with van der Waals surface area (Å²) >= 11 is 1.37. The Morgan fingerprint density at radius 2 is 1.97 bits per heavy atom. The molecule has 2 aromatic carbocycles. The molecule has 0 bridgehead atoms. The molecule has 0 fully saturated rings. The van der Waals surface area contributed by atoms with Crippen molar-refractivity contribution in [1.82, 2.24) is 4.57 Å². The lowest BCUT2D eigenvalue weighted by Gasteiger charge is -2.05. The van der Waals surface area contributed by atoms with E-state index < -0.39 is 5.91 Å². The molecule has 1 aromatic heterocycles. The zero-order chi connectivity index (χ0) is 20.4. The van der Waals surface area contributed by atoms with E-state index in [0.29, 0.717) is 28.5 Å². The van der Waals surface area contributed by atoms with Gasteiger partial charge in [-0.25, -0.2) is 0 Å². The van der Waals surface area contributed by atoms with E-state index in [2.05, 4.69) is 18.0 Å². The van der Waals surface area contributed by atoms with Gasteiger partial charge < -0.3 is 18.8 Å². The number of esters is 1. The summed E-state index contributed by atoms with van der Waals surface area (Å²) in [5.74, 6) is 0.342. The van der Waals surface area contributed by atoms with E-state index in [4.69, 9.17) is 14.2 Å². The molecular formula is C21H20N2O5S. The van der Waals surface area contributed by atoms with E-state index in [-0.39, 0.29) is 19.3 Å². The van der Waals surface area contributed by atoms with Gasteiger partial charge in [-0.2, -0.15) is 4.99 Å². The zero-order valence-electron chi connectivity index (χ0n) is 16.1. The number of hydrogen-bond donors (Lipinski definition) is 0. The molecule has 1 aliphatic heterocycles. The third kappa shape index (κ3) is 3.88. The van der Waals surface area contributed by atoms with Gasteiger partial charge in [-0.3, -0.25) is 9.59 Å². The lowest BCUT2D eigenvalue weighted by atomic mass is 10.2. The summed E-state index contributed by atoms with van der Waals surface area (Å²) in [5, 5.41) is 0. The van der Waals surface area contributed by atoms with Crippen LogP contribution in [0.15, 0.2) is 41.4 Å². The van der Waals surface area contributed by atoms with Crippen LogP contribution >= 0.6 is 11.3 Å². The fraction of sp³-hybridized carbons (Fsp3) is 0.286. The third-order valence-corrected chi connectivity index (χ3v) is 5.61. The number of aryl methyl sites for hydroxylation is 1. The zero-order valence-corrected chi connectivity index (χ0v) is 17.0. The van der Waals surface area contributed by atoms with Gasteiger partial charge in [0.1, 0.15) is 6.54 Å². The number of ether oxygens (including phenoxy) is 3. The van der Waals surface area contributed by atoms with Crippen molar-refractivity contribution in [1.29, 1.82) is 0 Å². The Morgan fingerprint density at radius 1 is 1.14 bits per heavy atom. The highest BCUT2D eigenvalue weighted by Crippen LogP contribution is 2.32. The van der Waals surface area contributed by atoms with Crippen molar-refractivity contribution < 1.29 is 23.8 Å². The molecule has 29 heavy (non-hydrogen) atoms. The molecule has 4 rings (SSSR count). The first kappa shape index (κ1) is 19.2. The maximum absolute atomic E-state index is 12.8. The summed E-state index contributed by atoms with van der Waals surface area (Å²) in [6.07, 6.45) is 0.897. The predicted molar refractivity (Wildman–Crippen MR) is 108 cm³/mol. The Morgan fingerprint density at radius 3 is 2.76 bits per heavy atom. The number of fused-ring (bicyclic) bond motifs is 2. The Bertz CT molecular complexity index is 1160. The smallest absolute Gasteiger partial charge is 0.326 e. The van der Waals surface area contributed by atoms with Crippen LogP contribution in [0.1, 0.15) is 29.8 Å². The molecule has 0 aliphatic carbocycles. The van der Waals surface area contributed by atoms with Gasteiger partial charge in [0.25, 0.3) is 5.91 Å². The van der Waals surface area contributed by atoms with Crippen LogP contribution in [0.25, 0.3) is 10.2 Å². The minimum atomic E-state index is -0.414. The quantitative estimate of drug-likeness (QED) is 0.601. The average Bonchev–Trinajstić information content (AvgIpc) is 3.31. The van der Waals surface area contributed by atoms with Crippen molar-refractivity contribution >= 4 is 33.4 Å². The van der Waals surface area contributed by atoms with Crippen LogP contribution in [0.5, 0.6) is 11.5 Å². The van der Waals surface area contributed by atoms with Gasteiger partial charge in [0.2, 0.25) is 6.79 Å². The van der Waals surface area contributed by atoms with Crippen molar-refractivity contribution in [3.8, 4) is 11.5 Å².